The largest absolute Gasteiger partial charge is 0.484 e. The van der Waals surface area contributed by atoms with Crippen LogP contribution in [0.15, 0.2) is 18.2 Å². The number of carbonyl (C=O) groups is 1. The van der Waals surface area contributed by atoms with Gasteiger partial charge in [0.25, 0.3) is 5.91 Å². The number of nitrogens with one attached hydrogen (secondary N) is 1. The fraction of sp³-hybridized carbons (Fsp3) is 0.562. The molecule has 0 aromatic heterocycles. The van der Waals surface area contributed by atoms with Crippen LogP contribution in [0.1, 0.15) is 37.3 Å². The summed E-state index contributed by atoms with van der Waals surface area (Å²) in [6, 6.07) is 6.09. The summed E-state index contributed by atoms with van der Waals surface area (Å²) in [6.45, 7) is 2.10. The highest BCUT2D eigenvalue weighted by Gasteiger charge is 2.13. The van der Waals surface area contributed by atoms with Gasteiger partial charge in [0.15, 0.2) is 6.61 Å². The summed E-state index contributed by atoms with van der Waals surface area (Å²) in [6.07, 6.45) is 4.85. The molecule has 1 amide bonds. The highest BCUT2D eigenvalue weighted by atomic mass is 16.5. The molecule has 0 fully saturated rings. The third kappa shape index (κ3) is 3.97. The summed E-state index contributed by atoms with van der Waals surface area (Å²) >= 11 is 0. The number of aliphatic hydroxyl groups is 1. The van der Waals surface area contributed by atoms with Gasteiger partial charge in [-0.1, -0.05) is 13.0 Å². The Bertz CT molecular complexity index is 459. The van der Waals surface area contributed by atoms with E-state index in [4.69, 9.17) is 9.84 Å². The number of rotatable bonds is 7. The molecule has 2 rings (SSSR count). The standard InChI is InChI=1S/C16H23NO3/c1-2-14(8-9-18)17-16(19)11-20-15-7-6-12-4-3-5-13(12)10-15/h6-7,10,14,18H,2-5,8-9,11H2,1H3,(H,17,19). The summed E-state index contributed by atoms with van der Waals surface area (Å²) in [5.41, 5.74) is 2.74. The molecule has 1 aromatic rings. The van der Waals surface area contributed by atoms with Crippen LogP contribution in [0, 0.1) is 0 Å². The molecule has 0 saturated carbocycles. The van der Waals surface area contributed by atoms with E-state index in [-0.39, 0.29) is 25.2 Å². The van der Waals surface area contributed by atoms with Crippen molar-refractivity contribution in [1.29, 1.82) is 0 Å². The zero-order valence-corrected chi connectivity index (χ0v) is 12.0. The molecule has 0 bridgehead atoms. The molecule has 0 aliphatic heterocycles. The molecule has 4 heteroatoms. The predicted octanol–water partition coefficient (Wildman–Crippen LogP) is 1.83. The zero-order chi connectivity index (χ0) is 14.4. The van der Waals surface area contributed by atoms with Gasteiger partial charge in [-0.25, -0.2) is 0 Å². The van der Waals surface area contributed by atoms with Gasteiger partial charge in [0.1, 0.15) is 5.75 Å². The third-order valence-electron chi connectivity index (χ3n) is 3.78. The van der Waals surface area contributed by atoms with Gasteiger partial charge in [0, 0.05) is 12.6 Å². The van der Waals surface area contributed by atoms with Gasteiger partial charge in [-0.05, 0) is 55.4 Å². The van der Waals surface area contributed by atoms with Crippen LogP contribution in [0.5, 0.6) is 5.75 Å². The van der Waals surface area contributed by atoms with Crippen molar-refractivity contribution in [3.8, 4) is 5.75 Å². The first kappa shape index (κ1) is 14.9. The summed E-state index contributed by atoms with van der Waals surface area (Å²) in [4.78, 5) is 11.8. The number of aryl methyl sites for hydroxylation is 2. The van der Waals surface area contributed by atoms with Crippen LogP contribution in [0.3, 0.4) is 0 Å². The number of hydrogen-bond acceptors (Lipinski definition) is 3. The van der Waals surface area contributed by atoms with Crippen LogP contribution in [0.4, 0.5) is 0 Å². The molecule has 1 unspecified atom stereocenters. The van der Waals surface area contributed by atoms with Crippen molar-refractivity contribution in [2.45, 2.75) is 45.1 Å². The minimum atomic E-state index is -0.134. The van der Waals surface area contributed by atoms with Gasteiger partial charge in [-0.3, -0.25) is 4.79 Å². The second-order valence-corrected chi connectivity index (χ2v) is 5.26. The Kier molecular flexibility index (Phi) is 5.41. The molecule has 1 atom stereocenters. The lowest BCUT2D eigenvalue weighted by atomic mass is 10.1. The van der Waals surface area contributed by atoms with Crippen molar-refractivity contribution in [2.75, 3.05) is 13.2 Å². The number of benzene rings is 1. The zero-order valence-electron chi connectivity index (χ0n) is 12.0. The highest BCUT2D eigenvalue weighted by Crippen LogP contribution is 2.25. The number of aliphatic hydroxyl groups excluding tert-OH is 1. The van der Waals surface area contributed by atoms with Gasteiger partial charge in [0.2, 0.25) is 0 Å². The van der Waals surface area contributed by atoms with Crippen molar-refractivity contribution in [1.82, 2.24) is 5.32 Å². The van der Waals surface area contributed by atoms with Crippen LogP contribution < -0.4 is 10.1 Å². The lowest BCUT2D eigenvalue weighted by molar-refractivity contribution is -0.123. The Balaban J connectivity index is 1.81. The topological polar surface area (TPSA) is 58.6 Å². The molecule has 1 aromatic carbocycles. The SMILES string of the molecule is CCC(CCO)NC(=O)COc1ccc2c(c1)CCC2. The van der Waals surface area contributed by atoms with E-state index in [1.165, 1.54) is 17.5 Å². The summed E-state index contributed by atoms with van der Waals surface area (Å²) in [5, 5.41) is 11.8. The van der Waals surface area contributed by atoms with Gasteiger partial charge < -0.3 is 15.2 Å². The Morgan fingerprint density at radius 1 is 1.40 bits per heavy atom. The highest BCUT2D eigenvalue weighted by molar-refractivity contribution is 5.77. The Morgan fingerprint density at radius 3 is 2.95 bits per heavy atom. The van der Waals surface area contributed by atoms with E-state index in [1.807, 2.05) is 19.1 Å². The number of hydrogen-bond donors (Lipinski definition) is 2. The fourth-order valence-electron chi connectivity index (χ4n) is 2.59. The van der Waals surface area contributed by atoms with Crippen molar-refractivity contribution < 1.29 is 14.6 Å². The molecular weight excluding hydrogens is 254 g/mol. The van der Waals surface area contributed by atoms with E-state index >= 15 is 0 Å². The lowest BCUT2D eigenvalue weighted by Gasteiger charge is -2.16. The fourth-order valence-corrected chi connectivity index (χ4v) is 2.59. The molecule has 0 saturated heterocycles. The molecule has 20 heavy (non-hydrogen) atoms. The maximum Gasteiger partial charge on any atom is 0.258 e. The normalized spacial score (nSPS) is 14.7. The first-order chi connectivity index (χ1) is 9.72. The van der Waals surface area contributed by atoms with Crippen molar-refractivity contribution in [3.63, 3.8) is 0 Å². The van der Waals surface area contributed by atoms with E-state index < -0.39 is 0 Å². The van der Waals surface area contributed by atoms with Gasteiger partial charge in [-0.15, -0.1) is 0 Å². The quantitative estimate of drug-likeness (QED) is 0.799. The lowest BCUT2D eigenvalue weighted by Crippen LogP contribution is -2.38. The van der Waals surface area contributed by atoms with Crippen LogP contribution in [0.25, 0.3) is 0 Å². The number of carbonyl (C=O) groups excluding carboxylic acids is 1. The number of amides is 1. The minimum Gasteiger partial charge on any atom is -0.484 e. The minimum absolute atomic E-state index is 0.0242. The van der Waals surface area contributed by atoms with Gasteiger partial charge >= 0.3 is 0 Å². The average molecular weight is 277 g/mol. The molecule has 4 nitrogen and oxygen atoms in total. The van der Waals surface area contributed by atoms with Crippen molar-refractivity contribution in [2.24, 2.45) is 0 Å². The molecule has 2 N–H and O–H groups in total. The first-order valence-corrected chi connectivity index (χ1v) is 7.37. The smallest absolute Gasteiger partial charge is 0.258 e. The third-order valence-corrected chi connectivity index (χ3v) is 3.78. The van der Waals surface area contributed by atoms with E-state index in [0.29, 0.717) is 6.42 Å². The maximum atomic E-state index is 11.8. The average Bonchev–Trinajstić information content (AvgIpc) is 2.92. The molecule has 1 aliphatic carbocycles. The van der Waals surface area contributed by atoms with E-state index in [0.717, 1.165) is 25.0 Å². The maximum absolute atomic E-state index is 11.8. The van der Waals surface area contributed by atoms with Gasteiger partial charge in [-0.2, -0.15) is 0 Å². The second kappa shape index (κ2) is 7.29. The summed E-state index contributed by atoms with van der Waals surface area (Å²) in [7, 11) is 0. The van der Waals surface area contributed by atoms with Crippen LogP contribution in [0.2, 0.25) is 0 Å². The molecule has 0 heterocycles. The Hall–Kier alpha value is -1.55. The van der Waals surface area contributed by atoms with Crippen LogP contribution >= 0.6 is 0 Å². The van der Waals surface area contributed by atoms with E-state index in [1.54, 1.807) is 0 Å². The monoisotopic (exact) mass is 277 g/mol. The number of fused-ring (bicyclic) bond motifs is 1. The van der Waals surface area contributed by atoms with Gasteiger partial charge in [0.05, 0.1) is 0 Å². The predicted molar refractivity (Wildman–Crippen MR) is 77.9 cm³/mol. The van der Waals surface area contributed by atoms with E-state index in [9.17, 15) is 4.79 Å². The first-order valence-electron chi connectivity index (χ1n) is 7.37. The molecule has 1 aliphatic rings. The van der Waals surface area contributed by atoms with Crippen molar-refractivity contribution in [3.05, 3.63) is 29.3 Å². The Labute approximate surface area is 120 Å². The van der Waals surface area contributed by atoms with E-state index in [2.05, 4.69) is 11.4 Å². The Morgan fingerprint density at radius 2 is 2.20 bits per heavy atom. The molecule has 110 valence electrons. The second-order valence-electron chi connectivity index (χ2n) is 5.26. The number of ether oxygens (including phenoxy) is 1. The molecule has 0 spiro atoms. The summed E-state index contributed by atoms with van der Waals surface area (Å²) in [5.74, 6) is 0.627. The van der Waals surface area contributed by atoms with Crippen LogP contribution in [-0.2, 0) is 17.6 Å². The van der Waals surface area contributed by atoms with Crippen LogP contribution in [-0.4, -0.2) is 30.3 Å². The molecule has 0 radical (unpaired) electrons. The summed E-state index contributed by atoms with van der Waals surface area (Å²) < 4.78 is 5.54. The molecular formula is C16H23NO3. The van der Waals surface area contributed by atoms with Crippen molar-refractivity contribution >= 4 is 5.91 Å².